The molecule has 0 fully saturated rings. The number of hydrogen-bond acceptors (Lipinski definition) is 2. The molecule has 0 saturated carbocycles. The van der Waals surface area contributed by atoms with Crippen LogP contribution in [0.2, 0.25) is 0 Å². The van der Waals surface area contributed by atoms with Gasteiger partial charge in [0.1, 0.15) is 0 Å². The molecule has 1 nitrogen and oxygen atoms in total. The van der Waals surface area contributed by atoms with E-state index in [1.54, 1.807) is 7.11 Å². The third kappa shape index (κ3) is 1.99. The molecule has 17 heavy (non-hydrogen) atoms. The fourth-order valence-corrected chi connectivity index (χ4v) is 3.38. The van der Waals surface area contributed by atoms with Crippen molar-refractivity contribution in [3.05, 3.63) is 59.7 Å². The van der Waals surface area contributed by atoms with Crippen molar-refractivity contribution in [1.82, 2.24) is 0 Å². The van der Waals surface area contributed by atoms with Gasteiger partial charge >= 0.3 is 0 Å². The SMILES string of the molecule is COC1Cc2ccccc2Sc2ccccc21. The molecule has 2 aromatic rings. The lowest BCUT2D eigenvalue weighted by Crippen LogP contribution is -2.04. The van der Waals surface area contributed by atoms with Crippen molar-refractivity contribution in [1.29, 1.82) is 0 Å². The molecule has 2 aromatic carbocycles. The zero-order valence-electron chi connectivity index (χ0n) is 9.72. The Morgan fingerprint density at radius 3 is 2.53 bits per heavy atom. The van der Waals surface area contributed by atoms with Gasteiger partial charge in [-0.25, -0.2) is 0 Å². The summed E-state index contributed by atoms with van der Waals surface area (Å²) in [6.07, 6.45) is 1.12. The highest BCUT2D eigenvalue weighted by Gasteiger charge is 2.21. The van der Waals surface area contributed by atoms with Crippen molar-refractivity contribution >= 4 is 11.8 Å². The minimum Gasteiger partial charge on any atom is -0.376 e. The Labute approximate surface area is 106 Å². The smallest absolute Gasteiger partial charge is 0.0872 e. The highest BCUT2D eigenvalue weighted by atomic mass is 32.2. The molecule has 86 valence electrons. The molecule has 0 saturated heterocycles. The fourth-order valence-electron chi connectivity index (χ4n) is 2.25. The molecule has 1 atom stereocenters. The molecule has 1 aliphatic rings. The standard InChI is InChI=1S/C15H14OS/c1-16-13-10-11-6-2-4-8-14(11)17-15-9-5-3-7-12(13)15/h2-9,13H,10H2,1H3. The Balaban J connectivity index is 2.13. The van der Waals surface area contributed by atoms with Crippen molar-refractivity contribution in [2.45, 2.75) is 22.3 Å². The van der Waals surface area contributed by atoms with E-state index in [4.69, 9.17) is 4.74 Å². The maximum atomic E-state index is 5.64. The first-order valence-corrected chi connectivity index (χ1v) is 6.57. The number of benzene rings is 2. The average molecular weight is 242 g/mol. The topological polar surface area (TPSA) is 9.23 Å². The molecule has 3 rings (SSSR count). The maximum Gasteiger partial charge on any atom is 0.0872 e. The number of ether oxygens (including phenoxy) is 1. The minimum absolute atomic E-state index is 0.169. The number of rotatable bonds is 1. The molecule has 0 aliphatic carbocycles. The normalized spacial score (nSPS) is 18.1. The number of fused-ring (bicyclic) bond motifs is 2. The van der Waals surface area contributed by atoms with Crippen LogP contribution in [0.4, 0.5) is 0 Å². The molecule has 0 spiro atoms. The van der Waals surface area contributed by atoms with Gasteiger partial charge < -0.3 is 4.74 Å². The first-order valence-electron chi connectivity index (χ1n) is 5.76. The van der Waals surface area contributed by atoms with E-state index in [1.807, 2.05) is 11.8 Å². The lowest BCUT2D eigenvalue weighted by Gasteiger charge is -2.15. The third-order valence-corrected chi connectivity index (χ3v) is 4.36. The molecule has 2 heteroatoms. The van der Waals surface area contributed by atoms with Crippen LogP contribution in [0, 0.1) is 0 Å². The first kappa shape index (κ1) is 10.9. The summed E-state index contributed by atoms with van der Waals surface area (Å²) < 4.78 is 5.64. The van der Waals surface area contributed by atoms with Crippen molar-refractivity contribution in [2.24, 2.45) is 0 Å². The lowest BCUT2D eigenvalue weighted by molar-refractivity contribution is 0.101. The quantitative estimate of drug-likeness (QED) is 0.745. The molecule has 1 aliphatic heterocycles. The fraction of sp³-hybridized carbons (Fsp3) is 0.200. The van der Waals surface area contributed by atoms with Crippen LogP contribution in [0.5, 0.6) is 0 Å². The van der Waals surface area contributed by atoms with Crippen LogP contribution < -0.4 is 0 Å². The summed E-state index contributed by atoms with van der Waals surface area (Å²) in [6.45, 7) is 0. The van der Waals surface area contributed by atoms with Crippen LogP contribution in [0.25, 0.3) is 0 Å². The van der Waals surface area contributed by atoms with Crippen LogP contribution in [0.3, 0.4) is 0 Å². The van der Waals surface area contributed by atoms with Crippen LogP contribution in [-0.2, 0) is 11.2 Å². The summed E-state index contributed by atoms with van der Waals surface area (Å²) in [5.74, 6) is 0. The second-order valence-corrected chi connectivity index (χ2v) is 5.26. The molecule has 0 N–H and O–H groups in total. The molecule has 0 radical (unpaired) electrons. The zero-order valence-corrected chi connectivity index (χ0v) is 10.5. The molecule has 0 bridgehead atoms. The van der Waals surface area contributed by atoms with Gasteiger partial charge in [-0.15, -0.1) is 0 Å². The van der Waals surface area contributed by atoms with Gasteiger partial charge in [0.25, 0.3) is 0 Å². The molecule has 0 aromatic heterocycles. The predicted molar refractivity (Wildman–Crippen MR) is 70.5 cm³/mol. The highest BCUT2D eigenvalue weighted by Crippen LogP contribution is 2.41. The van der Waals surface area contributed by atoms with Gasteiger partial charge in [-0.1, -0.05) is 48.2 Å². The van der Waals surface area contributed by atoms with Crippen LogP contribution >= 0.6 is 11.8 Å². The second kappa shape index (κ2) is 4.55. The summed E-state index contributed by atoms with van der Waals surface area (Å²) in [4.78, 5) is 2.66. The minimum atomic E-state index is 0.169. The molecule has 0 amide bonds. The van der Waals surface area contributed by atoms with Gasteiger partial charge in [-0.2, -0.15) is 0 Å². The highest BCUT2D eigenvalue weighted by molar-refractivity contribution is 7.99. The summed E-state index contributed by atoms with van der Waals surface area (Å²) in [5, 5.41) is 0. The maximum absolute atomic E-state index is 5.64. The average Bonchev–Trinajstić information content (AvgIpc) is 2.54. The van der Waals surface area contributed by atoms with E-state index >= 15 is 0 Å². The molecular weight excluding hydrogens is 228 g/mol. The predicted octanol–water partition coefficient (Wildman–Crippen LogP) is 4.08. The van der Waals surface area contributed by atoms with E-state index in [0.717, 1.165) is 6.42 Å². The van der Waals surface area contributed by atoms with E-state index in [-0.39, 0.29) is 6.10 Å². The van der Waals surface area contributed by atoms with Gasteiger partial charge in [-0.05, 0) is 23.3 Å². The van der Waals surface area contributed by atoms with Crippen molar-refractivity contribution < 1.29 is 4.74 Å². The Bertz CT molecular complexity index is 536. The van der Waals surface area contributed by atoms with E-state index in [2.05, 4.69) is 48.5 Å². The van der Waals surface area contributed by atoms with Gasteiger partial charge in [0.05, 0.1) is 6.10 Å². The summed E-state index contributed by atoms with van der Waals surface area (Å²) in [6, 6.07) is 17.1. The Morgan fingerprint density at radius 1 is 1.00 bits per heavy atom. The van der Waals surface area contributed by atoms with Crippen molar-refractivity contribution in [3.8, 4) is 0 Å². The van der Waals surface area contributed by atoms with Crippen LogP contribution in [0.15, 0.2) is 58.3 Å². The van der Waals surface area contributed by atoms with E-state index in [0.29, 0.717) is 0 Å². The summed E-state index contributed by atoms with van der Waals surface area (Å²) in [7, 11) is 1.79. The van der Waals surface area contributed by atoms with Crippen LogP contribution in [0.1, 0.15) is 17.2 Å². The van der Waals surface area contributed by atoms with Gasteiger partial charge in [-0.3, -0.25) is 0 Å². The second-order valence-electron chi connectivity index (χ2n) is 4.18. The van der Waals surface area contributed by atoms with Crippen molar-refractivity contribution in [2.75, 3.05) is 7.11 Å². The van der Waals surface area contributed by atoms with E-state index < -0.39 is 0 Å². The molecule has 1 unspecified atom stereocenters. The third-order valence-electron chi connectivity index (χ3n) is 3.15. The van der Waals surface area contributed by atoms with E-state index in [1.165, 1.54) is 20.9 Å². The zero-order chi connectivity index (χ0) is 11.7. The molecular formula is C15H14OS. The number of methoxy groups -OCH3 is 1. The number of hydrogen-bond donors (Lipinski definition) is 0. The summed E-state index contributed by atoms with van der Waals surface area (Å²) in [5.41, 5.74) is 2.68. The Hall–Kier alpha value is -1.25. The summed E-state index contributed by atoms with van der Waals surface area (Å²) >= 11 is 1.84. The van der Waals surface area contributed by atoms with E-state index in [9.17, 15) is 0 Å². The van der Waals surface area contributed by atoms with Gasteiger partial charge in [0.15, 0.2) is 0 Å². The van der Waals surface area contributed by atoms with Crippen molar-refractivity contribution in [3.63, 3.8) is 0 Å². The van der Waals surface area contributed by atoms with Gasteiger partial charge in [0.2, 0.25) is 0 Å². The van der Waals surface area contributed by atoms with Gasteiger partial charge in [0, 0.05) is 23.3 Å². The van der Waals surface area contributed by atoms with Crippen LogP contribution in [-0.4, -0.2) is 7.11 Å². The lowest BCUT2D eigenvalue weighted by atomic mass is 10.0. The molecule has 1 heterocycles. The Kier molecular flexibility index (Phi) is 2.91. The Morgan fingerprint density at radius 2 is 1.71 bits per heavy atom. The first-order chi connectivity index (χ1) is 8.38. The monoisotopic (exact) mass is 242 g/mol. The largest absolute Gasteiger partial charge is 0.376 e.